The Labute approximate surface area is 52.9 Å². The van der Waals surface area contributed by atoms with Gasteiger partial charge in [0.05, 0.1) is 0 Å². The lowest BCUT2D eigenvalue weighted by Crippen LogP contribution is -2.29. The fourth-order valence-corrected chi connectivity index (χ4v) is 0.574. The monoisotopic (exact) mass is 126 g/mol. The summed E-state index contributed by atoms with van der Waals surface area (Å²) in [7, 11) is 0. The first kappa shape index (κ1) is 5.88. The lowest BCUT2D eigenvalue weighted by atomic mass is 10.6. The van der Waals surface area contributed by atoms with Crippen molar-refractivity contribution in [2.75, 3.05) is 0 Å². The average molecular weight is 126 g/mol. The Balaban J connectivity index is 2.80. The van der Waals surface area contributed by atoms with E-state index in [0.717, 1.165) is 0 Å². The van der Waals surface area contributed by atoms with Crippen LogP contribution in [0.1, 0.15) is 0 Å². The lowest BCUT2D eigenvalue weighted by molar-refractivity contribution is -0.696. The Bertz CT molecular complexity index is 205. The minimum atomic E-state index is -0.0881. The van der Waals surface area contributed by atoms with E-state index in [1.54, 1.807) is 12.3 Å². The molecular formula is C6H8NO2+. The van der Waals surface area contributed by atoms with E-state index in [0.29, 0.717) is 6.54 Å². The number of rotatable bonds is 2. The minimum Gasteiger partial charge on any atom is -0.429 e. The molecule has 0 bridgehead atoms. The van der Waals surface area contributed by atoms with Crippen molar-refractivity contribution in [2.45, 2.75) is 6.54 Å². The fourth-order valence-electron chi connectivity index (χ4n) is 0.574. The molecule has 0 aliphatic rings. The van der Waals surface area contributed by atoms with Crippen LogP contribution in [0.4, 0.5) is 0 Å². The first-order chi connectivity index (χ1) is 4.34. The quantitative estimate of drug-likeness (QED) is 0.461. The first-order valence-electron chi connectivity index (χ1n) is 2.61. The number of hydrogen-bond acceptors (Lipinski definition) is 2. The van der Waals surface area contributed by atoms with Crippen LogP contribution < -0.4 is 4.57 Å². The number of allylic oxidation sites excluding steroid dienone is 1. The van der Waals surface area contributed by atoms with Gasteiger partial charge < -0.3 is 9.52 Å². The normalized spacial score (nSPS) is 9.33. The lowest BCUT2D eigenvalue weighted by Gasteiger charge is -1.80. The molecule has 0 spiro atoms. The molecule has 1 N–H and O–H groups in total. The van der Waals surface area contributed by atoms with Gasteiger partial charge in [-0.1, -0.05) is 6.58 Å². The Morgan fingerprint density at radius 3 is 3.11 bits per heavy atom. The molecule has 48 valence electrons. The summed E-state index contributed by atoms with van der Waals surface area (Å²) in [5.74, 6) is 0. The van der Waals surface area contributed by atoms with Crippen LogP contribution in [0.2, 0.25) is 0 Å². The summed E-state index contributed by atoms with van der Waals surface area (Å²) in [6, 6.07) is 0. The molecule has 3 heteroatoms. The van der Waals surface area contributed by atoms with Gasteiger partial charge in [0.1, 0.15) is 0 Å². The minimum absolute atomic E-state index is 0.0881. The highest BCUT2D eigenvalue weighted by Crippen LogP contribution is 1.97. The van der Waals surface area contributed by atoms with Gasteiger partial charge in [-0.3, -0.25) is 0 Å². The van der Waals surface area contributed by atoms with Crippen molar-refractivity contribution in [3.05, 3.63) is 25.1 Å². The molecule has 0 aliphatic heterocycles. The van der Waals surface area contributed by atoms with Crippen molar-refractivity contribution in [3.8, 4) is 6.08 Å². The highest BCUT2D eigenvalue weighted by molar-refractivity contribution is 4.70. The number of hydrogen-bond donors (Lipinski definition) is 1. The van der Waals surface area contributed by atoms with Gasteiger partial charge in [-0.05, 0) is 6.08 Å². The average Bonchev–Trinajstić information content (AvgIpc) is 2.18. The maximum absolute atomic E-state index is 8.83. The van der Waals surface area contributed by atoms with Gasteiger partial charge in [0.2, 0.25) is 6.20 Å². The summed E-state index contributed by atoms with van der Waals surface area (Å²) < 4.78 is 6.12. The molecule has 0 radical (unpaired) electrons. The van der Waals surface area contributed by atoms with Crippen molar-refractivity contribution in [3.63, 3.8) is 0 Å². The van der Waals surface area contributed by atoms with E-state index in [9.17, 15) is 0 Å². The van der Waals surface area contributed by atoms with Gasteiger partial charge in [0.25, 0.3) is 0 Å². The molecule has 0 aromatic carbocycles. The molecule has 0 aliphatic carbocycles. The molecule has 0 saturated heterocycles. The van der Waals surface area contributed by atoms with Crippen molar-refractivity contribution < 1.29 is 14.1 Å². The summed E-state index contributed by atoms with van der Waals surface area (Å²) >= 11 is 0. The molecule has 1 aromatic heterocycles. The van der Waals surface area contributed by atoms with Gasteiger partial charge in [-0.25, -0.2) is 0 Å². The Morgan fingerprint density at radius 1 is 1.89 bits per heavy atom. The van der Waals surface area contributed by atoms with E-state index >= 15 is 0 Å². The van der Waals surface area contributed by atoms with E-state index in [-0.39, 0.29) is 6.08 Å². The van der Waals surface area contributed by atoms with Crippen LogP contribution in [0.15, 0.2) is 29.5 Å². The van der Waals surface area contributed by atoms with Crippen molar-refractivity contribution in [2.24, 2.45) is 0 Å². The third-order valence-electron chi connectivity index (χ3n) is 0.986. The van der Waals surface area contributed by atoms with Crippen molar-refractivity contribution in [1.29, 1.82) is 0 Å². The summed E-state index contributed by atoms with van der Waals surface area (Å²) in [4.78, 5) is 0. The van der Waals surface area contributed by atoms with E-state index < -0.39 is 0 Å². The fraction of sp³-hybridized carbons (Fsp3) is 0.167. The summed E-state index contributed by atoms with van der Waals surface area (Å²) in [5.41, 5.74) is 0. The van der Waals surface area contributed by atoms with Crippen LogP contribution in [0.5, 0.6) is 6.08 Å². The smallest absolute Gasteiger partial charge is 0.429 e. The van der Waals surface area contributed by atoms with Gasteiger partial charge in [0, 0.05) is 0 Å². The number of nitrogens with zero attached hydrogens (tertiary/aromatic N) is 1. The Hall–Kier alpha value is -1.25. The molecule has 0 unspecified atom stereocenters. The molecule has 3 nitrogen and oxygen atoms in total. The van der Waals surface area contributed by atoms with Crippen LogP contribution in [0.25, 0.3) is 0 Å². The Morgan fingerprint density at radius 2 is 2.67 bits per heavy atom. The topological polar surface area (TPSA) is 37.2 Å². The maximum Gasteiger partial charge on any atom is 0.557 e. The van der Waals surface area contributed by atoms with Crippen LogP contribution in [-0.2, 0) is 6.54 Å². The molecule has 0 amide bonds. The second kappa shape index (κ2) is 2.35. The third kappa shape index (κ3) is 1.10. The second-order valence-corrected chi connectivity index (χ2v) is 1.63. The van der Waals surface area contributed by atoms with Gasteiger partial charge >= 0.3 is 6.08 Å². The highest BCUT2D eigenvalue weighted by Gasteiger charge is 2.08. The summed E-state index contributed by atoms with van der Waals surface area (Å²) in [6.07, 6.45) is 4.64. The Kier molecular flexibility index (Phi) is 1.53. The van der Waals surface area contributed by atoms with Crippen LogP contribution in [-0.4, -0.2) is 5.11 Å². The first-order valence-corrected chi connectivity index (χ1v) is 2.61. The van der Waals surface area contributed by atoms with Crippen molar-refractivity contribution in [1.82, 2.24) is 0 Å². The number of oxazole rings is 1. The zero-order chi connectivity index (χ0) is 6.69. The zero-order valence-corrected chi connectivity index (χ0v) is 4.95. The summed E-state index contributed by atoms with van der Waals surface area (Å²) in [6.45, 7) is 4.07. The third-order valence-corrected chi connectivity index (χ3v) is 0.986. The molecule has 1 rings (SSSR count). The van der Waals surface area contributed by atoms with Gasteiger partial charge in [-0.15, -0.1) is 4.57 Å². The van der Waals surface area contributed by atoms with Gasteiger partial charge in [0.15, 0.2) is 12.8 Å². The molecule has 1 heterocycles. The second-order valence-electron chi connectivity index (χ2n) is 1.63. The SMILES string of the molecule is C=CC[n+]1ccoc1O. The predicted octanol–water partition coefficient (Wildman–Crippen LogP) is 0.459. The van der Waals surface area contributed by atoms with E-state index in [1.165, 1.54) is 10.8 Å². The number of aromatic hydroxyl groups is 1. The summed E-state index contributed by atoms with van der Waals surface area (Å²) in [5, 5.41) is 8.83. The molecule has 1 aromatic rings. The molecule has 0 fully saturated rings. The van der Waals surface area contributed by atoms with Gasteiger partial charge in [-0.2, -0.15) is 0 Å². The highest BCUT2D eigenvalue weighted by atomic mass is 16.5. The van der Waals surface area contributed by atoms with Crippen LogP contribution >= 0.6 is 0 Å². The standard InChI is InChI=1S/C6H7NO2/c1-2-3-7-4-5-9-6(7)8/h2,4-5H,1,3H2/p+1. The molecule has 0 saturated carbocycles. The van der Waals surface area contributed by atoms with E-state index in [2.05, 4.69) is 11.0 Å². The van der Waals surface area contributed by atoms with E-state index in [4.69, 9.17) is 5.11 Å². The molecular weight excluding hydrogens is 118 g/mol. The van der Waals surface area contributed by atoms with Crippen molar-refractivity contribution >= 4 is 0 Å². The predicted molar refractivity (Wildman–Crippen MR) is 30.8 cm³/mol. The number of aromatic nitrogens is 1. The molecule has 0 atom stereocenters. The zero-order valence-electron chi connectivity index (χ0n) is 4.95. The van der Waals surface area contributed by atoms with E-state index in [1.807, 2.05) is 0 Å². The van der Waals surface area contributed by atoms with Crippen LogP contribution in [0, 0.1) is 0 Å². The largest absolute Gasteiger partial charge is 0.557 e. The molecule has 9 heavy (non-hydrogen) atoms. The maximum atomic E-state index is 8.83. The van der Waals surface area contributed by atoms with Crippen LogP contribution in [0.3, 0.4) is 0 Å².